The molecule has 0 bridgehead atoms. The van der Waals surface area contributed by atoms with Crippen LogP contribution in [0.4, 0.5) is 10.6 Å². The van der Waals surface area contributed by atoms with Crippen molar-refractivity contribution in [2.75, 3.05) is 37.7 Å². The molecule has 2 amide bonds. The summed E-state index contributed by atoms with van der Waals surface area (Å²) in [5.74, 6) is -0.0214. The lowest BCUT2D eigenvalue weighted by Gasteiger charge is -2.27. The molecule has 1 fully saturated rings. The molecule has 2 aromatic heterocycles. The van der Waals surface area contributed by atoms with Crippen molar-refractivity contribution in [1.82, 2.24) is 20.6 Å². The summed E-state index contributed by atoms with van der Waals surface area (Å²) in [6.45, 7) is 7.76. The maximum Gasteiger partial charge on any atom is 0.408 e. The molecular formula is C24H31N5O5. The first-order valence-electron chi connectivity index (χ1n) is 11.2. The van der Waals surface area contributed by atoms with Gasteiger partial charge >= 0.3 is 6.09 Å². The smallest absolute Gasteiger partial charge is 0.408 e. The fourth-order valence-corrected chi connectivity index (χ4v) is 3.31. The number of hydrogen-bond acceptors (Lipinski definition) is 8. The minimum Gasteiger partial charge on any atom is -0.444 e. The number of nitrogens with zero attached hydrogens (tertiary/aromatic N) is 3. The van der Waals surface area contributed by atoms with E-state index < -0.39 is 23.6 Å². The fourth-order valence-electron chi connectivity index (χ4n) is 3.31. The predicted octanol–water partition coefficient (Wildman–Crippen LogP) is 1.75. The van der Waals surface area contributed by atoms with Crippen LogP contribution in [-0.2, 0) is 20.7 Å². The van der Waals surface area contributed by atoms with E-state index in [1.807, 2.05) is 0 Å². The maximum atomic E-state index is 12.8. The van der Waals surface area contributed by atoms with E-state index in [4.69, 9.17) is 9.47 Å². The molecule has 182 valence electrons. The van der Waals surface area contributed by atoms with Crippen molar-refractivity contribution >= 4 is 23.6 Å². The summed E-state index contributed by atoms with van der Waals surface area (Å²) in [5, 5.41) is 5.18. The molecule has 2 aromatic rings. The summed E-state index contributed by atoms with van der Waals surface area (Å²) in [5.41, 5.74) is 0.290. The summed E-state index contributed by atoms with van der Waals surface area (Å²) < 4.78 is 10.6. The highest BCUT2D eigenvalue weighted by Gasteiger charge is 2.25. The molecule has 2 N–H and O–H groups in total. The second-order valence-corrected chi connectivity index (χ2v) is 8.87. The van der Waals surface area contributed by atoms with Gasteiger partial charge in [-0.25, -0.2) is 9.78 Å². The largest absolute Gasteiger partial charge is 0.444 e. The van der Waals surface area contributed by atoms with Gasteiger partial charge in [-0.3, -0.25) is 14.6 Å². The van der Waals surface area contributed by atoms with Crippen LogP contribution in [0.1, 0.15) is 36.8 Å². The zero-order valence-electron chi connectivity index (χ0n) is 19.7. The zero-order valence-corrected chi connectivity index (χ0v) is 19.7. The van der Waals surface area contributed by atoms with Gasteiger partial charge in [-0.05, 0) is 45.0 Å². The van der Waals surface area contributed by atoms with Crippen molar-refractivity contribution in [3.63, 3.8) is 0 Å². The molecule has 34 heavy (non-hydrogen) atoms. The van der Waals surface area contributed by atoms with E-state index in [0.717, 1.165) is 18.9 Å². The van der Waals surface area contributed by atoms with Gasteiger partial charge in [-0.2, -0.15) is 0 Å². The number of carbonyl (C=O) groups is 3. The van der Waals surface area contributed by atoms with Crippen LogP contribution in [0.2, 0.25) is 0 Å². The van der Waals surface area contributed by atoms with Gasteiger partial charge in [0.15, 0.2) is 5.78 Å². The maximum absolute atomic E-state index is 12.8. The standard InChI is InChI=1S/C24H31N5O5/c1-24(2,3)34-23(32)28-19(14-18-6-4-5-9-25-18)22(31)27-16-20(30)17-7-8-21(26-15-17)29-10-12-33-13-11-29/h4-9,15,19H,10-14,16H2,1-3H3,(H,27,31)(H,28,32)/t19-/m0/s1. The lowest BCUT2D eigenvalue weighted by atomic mass is 10.1. The van der Waals surface area contributed by atoms with E-state index in [9.17, 15) is 14.4 Å². The molecule has 3 rings (SSSR count). The quantitative estimate of drug-likeness (QED) is 0.561. The highest BCUT2D eigenvalue weighted by atomic mass is 16.6. The Labute approximate surface area is 199 Å². The van der Waals surface area contributed by atoms with Crippen LogP contribution >= 0.6 is 0 Å². The third-order valence-corrected chi connectivity index (χ3v) is 4.97. The van der Waals surface area contributed by atoms with E-state index in [1.165, 1.54) is 6.20 Å². The number of nitrogens with one attached hydrogen (secondary N) is 2. The van der Waals surface area contributed by atoms with Crippen LogP contribution < -0.4 is 15.5 Å². The van der Waals surface area contributed by atoms with Crippen LogP contribution in [0.25, 0.3) is 0 Å². The second-order valence-electron chi connectivity index (χ2n) is 8.87. The van der Waals surface area contributed by atoms with E-state index >= 15 is 0 Å². The molecule has 10 nitrogen and oxygen atoms in total. The predicted molar refractivity (Wildman–Crippen MR) is 126 cm³/mol. The van der Waals surface area contributed by atoms with Crippen molar-refractivity contribution in [3.05, 3.63) is 54.0 Å². The van der Waals surface area contributed by atoms with Crippen molar-refractivity contribution in [3.8, 4) is 0 Å². The summed E-state index contributed by atoms with van der Waals surface area (Å²) >= 11 is 0. The topological polar surface area (TPSA) is 123 Å². The SMILES string of the molecule is CC(C)(C)OC(=O)N[C@@H](Cc1ccccn1)C(=O)NCC(=O)c1ccc(N2CCOCC2)nc1. The molecule has 1 aliphatic rings. The van der Waals surface area contributed by atoms with E-state index in [1.54, 1.807) is 57.3 Å². The number of carbonyl (C=O) groups excluding carboxylic acids is 3. The Morgan fingerprint density at radius 1 is 1.12 bits per heavy atom. The van der Waals surface area contributed by atoms with E-state index in [-0.39, 0.29) is 18.7 Å². The zero-order chi connectivity index (χ0) is 24.6. The van der Waals surface area contributed by atoms with Crippen LogP contribution in [0.15, 0.2) is 42.7 Å². The third kappa shape index (κ3) is 7.80. The molecule has 0 aromatic carbocycles. The molecule has 3 heterocycles. The Balaban J connectivity index is 1.59. The van der Waals surface area contributed by atoms with Gasteiger partial charge in [0.25, 0.3) is 0 Å². The Bertz CT molecular complexity index is 969. The number of ketones is 1. The number of morpholine rings is 1. The van der Waals surface area contributed by atoms with Crippen LogP contribution in [0, 0.1) is 0 Å². The van der Waals surface area contributed by atoms with Gasteiger partial charge in [-0.15, -0.1) is 0 Å². The van der Waals surface area contributed by atoms with Gasteiger partial charge < -0.3 is 25.0 Å². The molecule has 1 aliphatic heterocycles. The first kappa shape index (κ1) is 25.1. The summed E-state index contributed by atoms with van der Waals surface area (Å²) in [6, 6.07) is 7.83. The summed E-state index contributed by atoms with van der Waals surface area (Å²) in [6.07, 6.45) is 2.53. The van der Waals surface area contributed by atoms with Gasteiger partial charge in [0, 0.05) is 43.2 Å². The van der Waals surface area contributed by atoms with Crippen LogP contribution in [0.3, 0.4) is 0 Å². The number of amides is 2. The molecule has 0 aliphatic carbocycles. The molecular weight excluding hydrogens is 438 g/mol. The number of Topliss-reactive ketones (excluding diaryl/α,β-unsaturated/α-hetero) is 1. The number of hydrogen-bond donors (Lipinski definition) is 2. The minimum atomic E-state index is -0.959. The average Bonchev–Trinajstić information content (AvgIpc) is 2.82. The molecule has 0 spiro atoms. The van der Waals surface area contributed by atoms with Crippen molar-refractivity contribution < 1.29 is 23.9 Å². The molecule has 0 saturated carbocycles. The number of alkyl carbamates (subject to hydrolysis) is 1. The number of aromatic nitrogens is 2. The first-order chi connectivity index (χ1) is 16.2. The monoisotopic (exact) mass is 469 g/mol. The molecule has 0 unspecified atom stereocenters. The van der Waals surface area contributed by atoms with Crippen molar-refractivity contribution in [2.45, 2.75) is 38.8 Å². The normalized spacial score (nSPS) is 14.7. The first-order valence-corrected chi connectivity index (χ1v) is 11.2. The fraction of sp³-hybridized carbons (Fsp3) is 0.458. The molecule has 1 atom stereocenters. The van der Waals surface area contributed by atoms with Gasteiger partial charge in [0.2, 0.25) is 5.91 Å². The minimum absolute atomic E-state index is 0.149. The molecule has 10 heteroatoms. The highest BCUT2D eigenvalue weighted by Crippen LogP contribution is 2.13. The van der Waals surface area contributed by atoms with Crippen molar-refractivity contribution in [2.24, 2.45) is 0 Å². The lowest BCUT2D eigenvalue weighted by molar-refractivity contribution is -0.123. The molecule has 0 radical (unpaired) electrons. The second kappa shape index (κ2) is 11.6. The van der Waals surface area contributed by atoms with Gasteiger partial charge in [0.1, 0.15) is 17.5 Å². The number of anilines is 1. The highest BCUT2D eigenvalue weighted by molar-refractivity contribution is 6.00. The van der Waals surface area contributed by atoms with Gasteiger partial charge in [0.05, 0.1) is 19.8 Å². The summed E-state index contributed by atoms with van der Waals surface area (Å²) in [7, 11) is 0. The Morgan fingerprint density at radius 2 is 1.88 bits per heavy atom. The van der Waals surface area contributed by atoms with Crippen molar-refractivity contribution in [1.29, 1.82) is 0 Å². The Morgan fingerprint density at radius 3 is 2.50 bits per heavy atom. The Kier molecular flexibility index (Phi) is 8.53. The molecule has 1 saturated heterocycles. The third-order valence-electron chi connectivity index (χ3n) is 4.97. The van der Waals surface area contributed by atoms with Gasteiger partial charge in [-0.1, -0.05) is 6.07 Å². The number of ether oxygens (including phenoxy) is 2. The van der Waals surface area contributed by atoms with Crippen LogP contribution in [-0.4, -0.2) is 72.2 Å². The lowest BCUT2D eigenvalue weighted by Crippen LogP contribution is -2.50. The number of rotatable bonds is 8. The number of pyridine rings is 2. The van der Waals surface area contributed by atoms with E-state index in [0.29, 0.717) is 24.5 Å². The average molecular weight is 470 g/mol. The summed E-state index contributed by atoms with van der Waals surface area (Å²) in [4.78, 5) is 48.4. The Hall–Kier alpha value is -3.53. The van der Waals surface area contributed by atoms with E-state index in [2.05, 4.69) is 25.5 Å². The van der Waals surface area contributed by atoms with Crippen LogP contribution in [0.5, 0.6) is 0 Å².